The van der Waals surface area contributed by atoms with Crippen molar-refractivity contribution < 1.29 is 4.39 Å². The maximum Gasteiger partial charge on any atom is 0.251 e. The topological polar surface area (TPSA) is 45.8 Å². The Bertz CT molecular complexity index is 652. The molecule has 2 aromatic rings. The molecule has 0 saturated carbocycles. The van der Waals surface area contributed by atoms with Crippen molar-refractivity contribution in [1.29, 1.82) is 0 Å². The Morgan fingerprint density at radius 2 is 2.11 bits per heavy atom. The van der Waals surface area contributed by atoms with Gasteiger partial charge in [0.2, 0.25) is 0 Å². The molecule has 0 aliphatic rings. The third-order valence-electron chi connectivity index (χ3n) is 2.60. The van der Waals surface area contributed by atoms with E-state index in [-0.39, 0.29) is 11.4 Å². The zero-order valence-corrected chi connectivity index (χ0v) is 12.3. The van der Waals surface area contributed by atoms with Gasteiger partial charge in [-0.05, 0) is 30.5 Å². The molecule has 0 aliphatic heterocycles. The number of benzene rings is 1. The number of aromatic amines is 1. The minimum absolute atomic E-state index is 0.225. The van der Waals surface area contributed by atoms with Gasteiger partial charge in [-0.15, -0.1) is 0 Å². The molecule has 0 saturated heterocycles. The van der Waals surface area contributed by atoms with E-state index in [0.29, 0.717) is 33.9 Å². The van der Waals surface area contributed by atoms with E-state index in [9.17, 15) is 9.18 Å². The fourth-order valence-electron chi connectivity index (χ4n) is 1.84. The third-order valence-corrected chi connectivity index (χ3v) is 3.29. The van der Waals surface area contributed by atoms with Crippen LogP contribution in [0.3, 0.4) is 0 Å². The molecule has 5 heteroatoms. The minimum atomic E-state index is -0.366. The molecule has 0 atom stereocenters. The summed E-state index contributed by atoms with van der Waals surface area (Å²) < 4.78 is 14.0. The Morgan fingerprint density at radius 1 is 1.37 bits per heavy atom. The fraction of sp³-hybridized carbons (Fsp3) is 0.286. The highest BCUT2D eigenvalue weighted by Crippen LogP contribution is 2.26. The van der Waals surface area contributed by atoms with Gasteiger partial charge in [0.15, 0.2) is 0 Å². The zero-order valence-electron chi connectivity index (χ0n) is 10.7. The highest BCUT2D eigenvalue weighted by Gasteiger charge is 2.10. The van der Waals surface area contributed by atoms with Crippen LogP contribution in [0.2, 0.25) is 0 Å². The first kappa shape index (κ1) is 13.9. The molecule has 1 N–H and O–H groups in total. The molecule has 100 valence electrons. The van der Waals surface area contributed by atoms with E-state index in [4.69, 9.17) is 0 Å². The molecule has 0 bridgehead atoms. The van der Waals surface area contributed by atoms with E-state index in [1.807, 2.05) is 0 Å². The normalized spacial score (nSPS) is 11.0. The molecule has 1 aromatic carbocycles. The quantitative estimate of drug-likeness (QED) is 0.938. The van der Waals surface area contributed by atoms with E-state index < -0.39 is 0 Å². The van der Waals surface area contributed by atoms with Gasteiger partial charge in [0.05, 0.1) is 0 Å². The first-order valence-electron chi connectivity index (χ1n) is 6.01. The Morgan fingerprint density at radius 3 is 2.79 bits per heavy atom. The van der Waals surface area contributed by atoms with Gasteiger partial charge in [-0.1, -0.05) is 29.8 Å². The Kier molecular flexibility index (Phi) is 4.14. The second-order valence-corrected chi connectivity index (χ2v) is 5.66. The van der Waals surface area contributed by atoms with Crippen molar-refractivity contribution in [1.82, 2.24) is 9.97 Å². The summed E-state index contributed by atoms with van der Waals surface area (Å²) >= 11 is 3.34. The molecule has 0 amide bonds. The average Bonchev–Trinajstić information content (AvgIpc) is 2.30. The van der Waals surface area contributed by atoms with E-state index in [1.54, 1.807) is 6.07 Å². The lowest BCUT2D eigenvalue weighted by molar-refractivity contribution is 0.626. The number of nitrogens with one attached hydrogen (secondary N) is 1. The molecule has 0 spiro atoms. The molecule has 1 heterocycles. The van der Waals surface area contributed by atoms with Gasteiger partial charge in [0.1, 0.15) is 11.6 Å². The summed E-state index contributed by atoms with van der Waals surface area (Å²) in [6.45, 7) is 4.11. The summed E-state index contributed by atoms with van der Waals surface area (Å²) in [5.41, 5.74) is 1.03. The molecule has 2 rings (SSSR count). The summed E-state index contributed by atoms with van der Waals surface area (Å²) in [5.74, 6) is 0.419. The Hall–Kier alpha value is -1.49. The molecule has 0 radical (unpaired) electrons. The fourth-order valence-corrected chi connectivity index (χ4v) is 2.27. The van der Waals surface area contributed by atoms with Crippen LogP contribution in [0.4, 0.5) is 4.39 Å². The van der Waals surface area contributed by atoms with E-state index in [0.717, 1.165) is 0 Å². The van der Waals surface area contributed by atoms with Gasteiger partial charge in [0, 0.05) is 21.8 Å². The average molecular weight is 325 g/mol. The second-order valence-electron chi connectivity index (χ2n) is 4.81. The monoisotopic (exact) mass is 324 g/mol. The van der Waals surface area contributed by atoms with Crippen molar-refractivity contribution in [3.8, 4) is 11.4 Å². The maximum atomic E-state index is 13.3. The smallest absolute Gasteiger partial charge is 0.251 e. The van der Waals surface area contributed by atoms with Gasteiger partial charge in [-0.2, -0.15) is 0 Å². The van der Waals surface area contributed by atoms with Crippen LogP contribution in [0.25, 0.3) is 11.4 Å². The van der Waals surface area contributed by atoms with E-state index in [2.05, 4.69) is 39.7 Å². The third kappa shape index (κ3) is 3.50. The summed E-state index contributed by atoms with van der Waals surface area (Å²) in [6.07, 6.45) is 0.712. The van der Waals surface area contributed by atoms with E-state index in [1.165, 1.54) is 18.2 Å². The van der Waals surface area contributed by atoms with Gasteiger partial charge in [-0.25, -0.2) is 9.37 Å². The van der Waals surface area contributed by atoms with Crippen LogP contribution in [0.15, 0.2) is 33.5 Å². The van der Waals surface area contributed by atoms with Crippen molar-refractivity contribution in [3.63, 3.8) is 0 Å². The van der Waals surface area contributed by atoms with Crippen LogP contribution >= 0.6 is 15.9 Å². The van der Waals surface area contributed by atoms with Crippen LogP contribution < -0.4 is 5.56 Å². The first-order chi connectivity index (χ1) is 8.95. The molecular weight excluding hydrogens is 311 g/mol. The molecule has 0 unspecified atom stereocenters. The summed E-state index contributed by atoms with van der Waals surface area (Å²) in [7, 11) is 0. The van der Waals surface area contributed by atoms with Crippen molar-refractivity contribution in [2.75, 3.05) is 0 Å². The number of rotatable bonds is 3. The van der Waals surface area contributed by atoms with Crippen LogP contribution in [0.5, 0.6) is 0 Å². The van der Waals surface area contributed by atoms with Crippen molar-refractivity contribution >= 4 is 15.9 Å². The molecule has 0 aliphatic carbocycles. The number of hydrogen-bond donors (Lipinski definition) is 1. The predicted molar refractivity (Wildman–Crippen MR) is 76.5 cm³/mol. The lowest BCUT2D eigenvalue weighted by atomic mass is 10.1. The van der Waals surface area contributed by atoms with Crippen LogP contribution in [-0.2, 0) is 6.42 Å². The minimum Gasteiger partial charge on any atom is -0.306 e. The lowest BCUT2D eigenvalue weighted by Crippen LogP contribution is -2.12. The van der Waals surface area contributed by atoms with Gasteiger partial charge in [-0.3, -0.25) is 4.79 Å². The highest BCUT2D eigenvalue weighted by atomic mass is 79.9. The first-order valence-corrected chi connectivity index (χ1v) is 6.80. The zero-order chi connectivity index (χ0) is 14.0. The molecule has 1 aromatic heterocycles. The van der Waals surface area contributed by atoms with Crippen LogP contribution in [0.1, 0.15) is 19.5 Å². The van der Waals surface area contributed by atoms with Crippen molar-refractivity contribution in [3.05, 3.63) is 50.6 Å². The molecule has 19 heavy (non-hydrogen) atoms. The van der Waals surface area contributed by atoms with Gasteiger partial charge >= 0.3 is 0 Å². The van der Waals surface area contributed by atoms with Gasteiger partial charge < -0.3 is 4.98 Å². The molecular formula is C14H14BrFN2O. The Balaban J connectivity index is 2.53. The summed E-state index contributed by atoms with van der Waals surface area (Å²) in [4.78, 5) is 18.7. The van der Waals surface area contributed by atoms with Crippen molar-refractivity contribution in [2.45, 2.75) is 20.3 Å². The number of hydrogen-bond acceptors (Lipinski definition) is 2. The number of nitrogens with zero attached hydrogens (tertiary/aromatic N) is 1. The van der Waals surface area contributed by atoms with Crippen LogP contribution in [-0.4, -0.2) is 9.97 Å². The SMILES string of the molecule is CC(C)Cc1cc(=O)[nH]c(-c2cc(F)ccc2Br)n1. The molecule has 0 fully saturated rings. The largest absolute Gasteiger partial charge is 0.306 e. The van der Waals surface area contributed by atoms with Gasteiger partial charge in [0.25, 0.3) is 5.56 Å². The lowest BCUT2D eigenvalue weighted by Gasteiger charge is -2.08. The highest BCUT2D eigenvalue weighted by molar-refractivity contribution is 9.10. The number of halogens is 2. The second kappa shape index (κ2) is 5.65. The predicted octanol–water partition coefficient (Wildman–Crippen LogP) is 3.54. The standard InChI is InChI=1S/C14H14BrFN2O/c1-8(2)5-10-7-13(19)18-14(17-10)11-6-9(16)3-4-12(11)15/h3-4,6-8H,5H2,1-2H3,(H,17,18,19). The van der Waals surface area contributed by atoms with Crippen molar-refractivity contribution in [2.24, 2.45) is 5.92 Å². The van der Waals surface area contributed by atoms with Crippen LogP contribution in [0, 0.1) is 11.7 Å². The number of aromatic nitrogens is 2. The summed E-state index contributed by atoms with van der Waals surface area (Å²) in [6, 6.07) is 5.78. The maximum absolute atomic E-state index is 13.3. The number of H-pyrrole nitrogens is 1. The Labute approximate surface area is 119 Å². The van der Waals surface area contributed by atoms with E-state index >= 15 is 0 Å². The summed E-state index contributed by atoms with van der Waals surface area (Å²) in [5, 5.41) is 0. The molecule has 3 nitrogen and oxygen atoms in total.